The number of hydrogen-bond donors (Lipinski definition) is 2. The fourth-order valence-electron chi connectivity index (χ4n) is 2.90. The van der Waals surface area contributed by atoms with Gasteiger partial charge in [0.2, 0.25) is 0 Å². The number of carbonyl (C=O) groups excluding carboxylic acids is 1. The van der Waals surface area contributed by atoms with Crippen molar-refractivity contribution in [2.24, 2.45) is 0 Å². The first kappa shape index (κ1) is 21.7. The van der Waals surface area contributed by atoms with Crippen molar-refractivity contribution in [1.29, 1.82) is 0 Å². The standard InChI is InChI=1S/C22H21ClN2O4S/c1-15-6-5-8-18(12-15)25-30(27,28)21-13-16(10-11-19(21)23)22(26)24-14-17-7-3-4-9-20(17)29-2/h3-13,25H,14H2,1-2H3,(H,24,26). The fourth-order valence-corrected chi connectivity index (χ4v) is 4.47. The second-order valence-electron chi connectivity index (χ2n) is 6.61. The van der Waals surface area contributed by atoms with Crippen molar-refractivity contribution in [3.8, 4) is 5.75 Å². The van der Waals surface area contributed by atoms with Crippen LogP contribution < -0.4 is 14.8 Å². The second-order valence-corrected chi connectivity index (χ2v) is 8.67. The molecule has 3 aromatic carbocycles. The van der Waals surface area contributed by atoms with Gasteiger partial charge in [0.1, 0.15) is 10.6 Å². The summed E-state index contributed by atoms with van der Waals surface area (Å²) in [5.41, 5.74) is 2.30. The number of hydrogen-bond acceptors (Lipinski definition) is 4. The van der Waals surface area contributed by atoms with Crippen LogP contribution in [0.4, 0.5) is 5.69 Å². The van der Waals surface area contributed by atoms with Gasteiger partial charge in [-0.05, 0) is 48.9 Å². The van der Waals surface area contributed by atoms with Gasteiger partial charge in [0, 0.05) is 23.4 Å². The van der Waals surface area contributed by atoms with Gasteiger partial charge in [-0.3, -0.25) is 9.52 Å². The predicted octanol–water partition coefficient (Wildman–Crippen LogP) is 4.39. The molecule has 0 saturated heterocycles. The summed E-state index contributed by atoms with van der Waals surface area (Å²) >= 11 is 6.13. The Morgan fingerprint density at radius 3 is 2.53 bits per heavy atom. The minimum atomic E-state index is -3.98. The number of methoxy groups -OCH3 is 1. The Kier molecular flexibility index (Phi) is 6.64. The average Bonchev–Trinajstić information content (AvgIpc) is 2.72. The predicted molar refractivity (Wildman–Crippen MR) is 118 cm³/mol. The summed E-state index contributed by atoms with van der Waals surface area (Å²) in [7, 11) is -2.42. The first-order valence-corrected chi connectivity index (χ1v) is 11.0. The molecule has 2 N–H and O–H groups in total. The Bertz CT molecular complexity index is 1180. The third-order valence-corrected chi connectivity index (χ3v) is 6.25. The second kappa shape index (κ2) is 9.19. The molecule has 6 nitrogen and oxygen atoms in total. The molecule has 0 heterocycles. The highest BCUT2D eigenvalue weighted by Crippen LogP contribution is 2.25. The molecular formula is C22H21ClN2O4S. The fraction of sp³-hybridized carbons (Fsp3) is 0.136. The van der Waals surface area contributed by atoms with E-state index in [0.717, 1.165) is 11.1 Å². The number of sulfonamides is 1. The highest BCUT2D eigenvalue weighted by molar-refractivity contribution is 7.92. The van der Waals surface area contributed by atoms with Crippen LogP contribution in [0, 0.1) is 6.92 Å². The van der Waals surface area contributed by atoms with Gasteiger partial charge in [0.05, 0.1) is 12.1 Å². The van der Waals surface area contributed by atoms with Crippen molar-refractivity contribution in [1.82, 2.24) is 5.32 Å². The molecule has 0 unspecified atom stereocenters. The number of ether oxygens (including phenoxy) is 1. The summed E-state index contributed by atoms with van der Waals surface area (Å²) in [6.07, 6.45) is 0. The van der Waals surface area contributed by atoms with Gasteiger partial charge < -0.3 is 10.1 Å². The lowest BCUT2D eigenvalue weighted by Crippen LogP contribution is -2.23. The lowest BCUT2D eigenvalue weighted by molar-refractivity contribution is 0.0950. The first-order chi connectivity index (χ1) is 14.3. The van der Waals surface area contributed by atoms with Crippen LogP contribution in [0.3, 0.4) is 0 Å². The van der Waals surface area contributed by atoms with Crippen LogP contribution in [0.5, 0.6) is 5.75 Å². The van der Waals surface area contributed by atoms with Crippen molar-refractivity contribution < 1.29 is 17.9 Å². The number of para-hydroxylation sites is 1. The zero-order chi connectivity index (χ0) is 21.7. The lowest BCUT2D eigenvalue weighted by atomic mass is 10.1. The monoisotopic (exact) mass is 444 g/mol. The summed E-state index contributed by atoms with van der Waals surface area (Å²) in [4.78, 5) is 12.4. The van der Waals surface area contributed by atoms with Gasteiger partial charge in [0.15, 0.2) is 0 Å². The maximum atomic E-state index is 12.8. The van der Waals surface area contributed by atoms with Crippen LogP contribution >= 0.6 is 11.6 Å². The zero-order valence-corrected chi connectivity index (χ0v) is 18.0. The van der Waals surface area contributed by atoms with Crippen molar-refractivity contribution in [3.05, 3.63) is 88.4 Å². The minimum Gasteiger partial charge on any atom is -0.496 e. The zero-order valence-electron chi connectivity index (χ0n) is 16.5. The molecule has 30 heavy (non-hydrogen) atoms. The quantitative estimate of drug-likeness (QED) is 0.566. The average molecular weight is 445 g/mol. The number of amides is 1. The van der Waals surface area contributed by atoms with Crippen LogP contribution in [0.2, 0.25) is 5.02 Å². The smallest absolute Gasteiger partial charge is 0.263 e. The van der Waals surface area contributed by atoms with Crippen LogP contribution in [0.1, 0.15) is 21.5 Å². The molecule has 0 aliphatic carbocycles. The molecule has 8 heteroatoms. The summed E-state index contributed by atoms with van der Waals surface area (Å²) < 4.78 is 33.4. The van der Waals surface area contributed by atoms with E-state index >= 15 is 0 Å². The molecule has 0 spiro atoms. The molecule has 3 aromatic rings. The van der Waals surface area contributed by atoms with E-state index < -0.39 is 15.9 Å². The Hall–Kier alpha value is -3.03. The van der Waals surface area contributed by atoms with Crippen LogP contribution in [0.15, 0.2) is 71.6 Å². The number of benzene rings is 3. The van der Waals surface area contributed by atoms with E-state index in [2.05, 4.69) is 10.0 Å². The van der Waals surface area contributed by atoms with E-state index in [1.807, 2.05) is 31.2 Å². The van der Waals surface area contributed by atoms with E-state index in [0.29, 0.717) is 11.4 Å². The molecule has 0 aliphatic rings. The molecule has 156 valence electrons. The van der Waals surface area contributed by atoms with E-state index in [-0.39, 0.29) is 22.0 Å². The van der Waals surface area contributed by atoms with Crippen LogP contribution in [-0.2, 0) is 16.6 Å². The largest absolute Gasteiger partial charge is 0.496 e. The van der Waals surface area contributed by atoms with Gasteiger partial charge in [0.25, 0.3) is 15.9 Å². The first-order valence-electron chi connectivity index (χ1n) is 9.09. The number of aryl methyl sites for hydroxylation is 1. The Morgan fingerprint density at radius 1 is 1.03 bits per heavy atom. The Morgan fingerprint density at radius 2 is 1.80 bits per heavy atom. The number of carbonyl (C=O) groups is 1. The normalized spacial score (nSPS) is 11.0. The minimum absolute atomic E-state index is 0.0245. The molecule has 0 aliphatic heterocycles. The third kappa shape index (κ3) is 5.11. The van der Waals surface area contributed by atoms with E-state index in [9.17, 15) is 13.2 Å². The van der Waals surface area contributed by atoms with Gasteiger partial charge in [-0.2, -0.15) is 0 Å². The number of halogens is 1. The Labute approximate surface area is 180 Å². The Balaban J connectivity index is 1.81. The van der Waals surface area contributed by atoms with Gasteiger partial charge >= 0.3 is 0 Å². The molecule has 0 bridgehead atoms. The van der Waals surface area contributed by atoms with Gasteiger partial charge in [-0.15, -0.1) is 0 Å². The highest BCUT2D eigenvalue weighted by Gasteiger charge is 2.20. The van der Waals surface area contributed by atoms with Gasteiger partial charge in [-0.25, -0.2) is 8.42 Å². The maximum Gasteiger partial charge on any atom is 0.263 e. The topological polar surface area (TPSA) is 84.5 Å². The van der Waals surface area contributed by atoms with E-state index in [4.69, 9.17) is 16.3 Å². The molecule has 0 atom stereocenters. The van der Waals surface area contributed by atoms with Crippen molar-refractivity contribution in [2.45, 2.75) is 18.4 Å². The number of anilines is 1. The summed E-state index contributed by atoms with van der Waals surface area (Å²) in [6.45, 7) is 2.09. The maximum absolute atomic E-state index is 12.8. The third-order valence-electron chi connectivity index (χ3n) is 4.39. The van der Waals surface area contributed by atoms with Crippen molar-refractivity contribution in [3.63, 3.8) is 0 Å². The molecule has 0 aromatic heterocycles. The van der Waals surface area contributed by atoms with Crippen LogP contribution in [0.25, 0.3) is 0 Å². The number of nitrogens with one attached hydrogen (secondary N) is 2. The molecule has 0 fully saturated rings. The highest BCUT2D eigenvalue weighted by atomic mass is 35.5. The summed E-state index contributed by atoms with van der Waals surface area (Å²) in [5.74, 6) is 0.226. The van der Waals surface area contributed by atoms with Crippen molar-refractivity contribution in [2.75, 3.05) is 11.8 Å². The van der Waals surface area contributed by atoms with E-state index in [1.165, 1.54) is 18.2 Å². The lowest BCUT2D eigenvalue weighted by Gasteiger charge is -2.12. The molecule has 3 rings (SSSR count). The molecule has 0 saturated carbocycles. The SMILES string of the molecule is COc1ccccc1CNC(=O)c1ccc(Cl)c(S(=O)(=O)Nc2cccc(C)c2)c1. The summed E-state index contributed by atoms with van der Waals surface area (Å²) in [6, 6.07) is 18.4. The van der Waals surface area contributed by atoms with Gasteiger partial charge in [-0.1, -0.05) is 41.9 Å². The summed E-state index contributed by atoms with van der Waals surface area (Å²) in [5, 5.41) is 2.79. The molecule has 1 amide bonds. The number of rotatable bonds is 7. The molecular weight excluding hydrogens is 424 g/mol. The van der Waals surface area contributed by atoms with Crippen LogP contribution in [-0.4, -0.2) is 21.4 Å². The molecule has 0 radical (unpaired) electrons. The van der Waals surface area contributed by atoms with E-state index in [1.54, 1.807) is 31.4 Å². The van der Waals surface area contributed by atoms with Crippen molar-refractivity contribution >= 4 is 33.2 Å².